The van der Waals surface area contributed by atoms with Crippen LogP contribution in [0.5, 0.6) is 0 Å². The Balaban J connectivity index is 1.53. The number of halogens is 1. The van der Waals surface area contributed by atoms with Gasteiger partial charge < -0.3 is 10.3 Å². The van der Waals surface area contributed by atoms with Crippen LogP contribution in [0.4, 0.5) is 0 Å². The molecule has 130 valence electrons. The van der Waals surface area contributed by atoms with Crippen LogP contribution >= 0.6 is 11.6 Å². The van der Waals surface area contributed by atoms with Crippen molar-refractivity contribution in [2.75, 3.05) is 13.1 Å². The van der Waals surface area contributed by atoms with E-state index in [9.17, 15) is 13.2 Å². The smallest absolute Gasteiger partial charge is 0.251 e. The molecule has 0 aliphatic rings. The highest BCUT2D eigenvalue weighted by Crippen LogP contribution is 2.14. The summed E-state index contributed by atoms with van der Waals surface area (Å²) in [5.74, 6) is -0.290. The summed E-state index contributed by atoms with van der Waals surface area (Å²) >= 11 is 5.74. The Kier molecular flexibility index (Phi) is 5.03. The maximum atomic E-state index is 12.1. The molecule has 0 saturated carbocycles. The van der Waals surface area contributed by atoms with Crippen molar-refractivity contribution in [3.63, 3.8) is 0 Å². The summed E-state index contributed by atoms with van der Waals surface area (Å²) in [5.41, 5.74) is 2.00. The van der Waals surface area contributed by atoms with Gasteiger partial charge in [0.25, 0.3) is 5.91 Å². The van der Waals surface area contributed by atoms with Gasteiger partial charge in [0, 0.05) is 23.7 Å². The van der Waals surface area contributed by atoms with Gasteiger partial charge in [0.1, 0.15) is 0 Å². The van der Waals surface area contributed by atoms with E-state index in [0.29, 0.717) is 10.6 Å². The summed E-state index contributed by atoms with van der Waals surface area (Å²) in [5, 5.41) is 3.13. The Labute approximate surface area is 149 Å². The van der Waals surface area contributed by atoms with E-state index in [-0.39, 0.29) is 23.9 Å². The van der Waals surface area contributed by atoms with E-state index in [0.717, 1.165) is 11.0 Å². The molecule has 2 aromatic carbocycles. The number of carbonyl (C=O) groups excluding carboxylic acids is 1. The fourth-order valence-electron chi connectivity index (χ4n) is 2.24. The van der Waals surface area contributed by atoms with Gasteiger partial charge in [-0.2, -0.15) is 0 Å². The summed E-state index contributed by atoms with van der Waals surface area (Å²) in [7, 11) is -3.63. The molecular weight excluding hydrogens is 364 g/mol. The molecule has 1 heterocycles. The van der Waals surface area contributed by atoms with Crippen LogP contribution in [0.15, 0.2) is 53.7 Å². The number of amides is 1. The van der Waals surface area contributed by atoms with E-state index < -0.39 is 10.0 Å². The second kappa shape index (κ2) is 7.22. The number of hydrogen-bond donors (Lipinski definition) is 3. The number of nitrogens with one attached hydrogen (secondary N) is 3. The molecular formula is C16H15ClN4O3S. The number of rotatable bonds is 6. The molecule has 0 radical (unpaired) electrons. The number of nitrogens with zero attached hydrogens (tertiary/aromatic N) is 1. The lowest BCUT2D eigenvalue weighted by atomic mass is 10.2. The highest BCUT2D eigenvalue weighted by Gasteiger charge is 2.13. The van der Waals surface area contributed by atoms with E-state index >= 15 is 0 Å². The number of imidazole rings is 1. The quantitative estimate of drug-likeness (QED) is 0.570. The first-order valence-corrected chi connectivity index (χ1v) is 9.28. The van der Waals surface area contributed by atoms with Gasteiger partial charge in [-0.25, -0.2) is 18.1 Å². The third-order valence-corrected chi connectivity index (χ3v) is 5.24. The standard InChI is InChI=1S/C16H15ClN4O3S/c17-12-2-4-13(5-3-12)25(23,24)21-8-7-18-16(22)11-1-6-14-15(9-11)20-10-19-14/h1-6,9-10,21H,7-8H2,(H,18,22)(H,19,20). The third-order valence-electron chi connectivity index (χ3n) is 3.51. The Morgan fingerprint density at radius 1 is 1.12 bits per heavy atom. The predicted octanol–water partition coefficient (Wildman–Crippen LogP) is 1.92. The van der Waals surface area contributed by atoms with Gasteiger partial charge in [0.15, 0.2) is 0 Å². The zero-order valence-electron chi connectivity index (χ0n) is 13.0. The van der Waals surface area contributed by atoms with Gasteiger partial charge in [-0.15, -0.1) is 0 Å². The van der Waals surface area contributed by atoms with E-state index in [1.165, 1.54) is 24.3 Å². The van der Waals surface area contributed by atoms with Crippen LogP contribution in [0.2, 0.25) is 5.02 Å². The van der Waals surface area contributed by atoms with Crippen molar-refractivity contribution in [3.8, 4) is 0 Å². The number of aromatic amines is 1. The molecule has 0 atom stereocenters. The number of carbonyl (C=O) groups is 1. The average Bonchev–Trinajstić information content (AvgIpc) is 3.06. The summed E-state index contributed by atoms with van der Waals surface area (Å²) in [4.78, 5) is 19.2. The first-order valence-electron chi connectivity index (χ1n) is 7.42. The monoisotopic (exact) mass is 378 g/mol. The van der Waals surface area contributed by atoms with Crippen molar-refractivity contribution in [2.45, 2.75) is 4.90 Å². The summed E-state index contributed by atoms with van der Waals surface area (Å²) in [6, 6.07) is 10.9. The van der Waals surface area contributed by atoms with Gasteiger partial charge in [-0.3, -0.25) is 4.79 Å². The molecule has 1 amide bonds. The van der Waals surface area contributed by atoms with Gasteiger partial charge in [0.05, 0.1) is 22.3 Å². The van der Waals surface area contributed by atoms with Crippen molar-refractivity contribution >= 4 is 38.6 Å². The van der Waals surface area contributed by atoms with Crippen LogP contribution in [-0.4, -0.2) is 37.4 Å². The maximum Gasteiger partial charge on any atom is 0.251 e. The van der Waals surface area contributed by atoms with Crippen molar-refractivity contribution in [3.05, 3.63) is 59.4 Å². The molecule has 9 heteroatoms. The van der Waals surface area contributed by atoms with Crippen LogP contribution < -0.4 is 10.0 Å². The molecule has 0 fully saturated rings. The molecule has 25 heavy (non-hydrogen) atoms. The van der Waals surface area contributed by atoms with Crippen molar-refractivity contribution in [1.82, 2.24) is 20.0 Å². The normalized spacial score (nSPS) is 11.6. The lowest BCUT2D eigenvalue weighted by Gasteiger charge is -2.08. The van der Waals surface area contributed by atoms with Crippen molar-refractivity contribution in [2.24, 2.45) is 0 Å². The zero-order valence-corrected chi connectivity index (χ0v) is 14.6. The largest absolute Gasteiger partial charge is 0.351 e. The number of fused-ring (bicyclic) bond motifs is 1. The topological polar surface area (TPSA) is 104 Å². The first kappa shape index (κ1) is 17.4. The molecule has 1 aromatic heterocycles. The maximum absolute atomic E-state index is 12.1. The minimum atomic E-state index is -3.63. The molecule has 0 aliphatic carbocycles. The Hall–Kier alpha value is -2.42. The number of aromatic nitrogens is 2. The highest BCUT2D eigenvalue weighted by atomic mass is 35.5. The van der Waals surface area contributed by atoms with E-state index in [1.54, 1.807) is 24.5 Å². The molecule has 0 aliphatic heterocycles. The fraction of sp³-hybridized carbons (Fsp3) is 0.125. The van der Waals surface area contributed by atoms with Gasteiger partial charge in [-0.1, -0.05) is 11.6 Å². The molecule has 3 N–H and O–H groups in total. The molecule has 0 unspecified atom stereocenters. The zero-order chi connectivity index (χ0) is 17.9. The van der Waals surface area contributed by atoms with Crippen LogP contribution in [0.1, 0.15) is 10.4 Å². The van der Waals surface area contributed by atoms with E-state index in [2.05, 4.69) is 20.0 Å². The summed E-state index contributed by atoms with van der Waals surface area (Å²) in [6.45, 7) is 0.232. The lowest BCUT2D eigenvalue weighted by molar-refractivity contribution is 0.0954. The van der Waals surface area contributed by atoms with Gasteiger partial charge >= 0.3 is 0 Å². The van der Waals surface area contributed by atoms with Crippen molar-refractivity contribution < 1.29 is 13.2 Å². The van der Waals surface area contributed by atoms with Crippen molar-refractivity contribution in [1.29, 1.82) is 0 Å². The molecule has 0 spiro atoms. The Bertz CT molecular complexity index is 1000. The van der Waals surface area contributed by atoms with Crippen LogP contribution in [0, 0.1) is 0 Å². The predicted molar refractivity (Wildman–Crippen MR) is 95.1 cm³/mol. The minimum absolute atomic E-state index is 0.0724. The number of H-pyrrole nitrogens is 1. The third kappa shape index (κ3) is 4.16. The van der Waals surface area contributed by atoms with E-state index in [4.69, 9.17) is 11.6 Å². The first-order chi connectivity index (χ1) is 12.0. The van der Waals surface area contributed by atoms with Gasteiger partial charge in [0.2, 0.25) is 10.0 Å². The highest BCUT2D eigenvalue weighted by molar-refractivity contribution is 7.89. The number of benzene rings is 2. The molecule has 0 bridgehead atoms. The fourth-order valence-corrected chi connectivity index (χ4v) is 3.40. The molecule has 3 aromatic rings. The number of sulfonamides is 1. The Morgan fingerprint density at radius 2 is 1.88 bits per heavy atom. The lowest BCUT2D eigenvalue weighted by Crippen LogP contribution is -2.34. The number of hydrogen-bond acceptors (Lipinski definition) is 4. The SMILES string of the molecule is O=C(NCCNS(=O)(=O)c1ccc(Cl)cc1)c1ccc2nc[nH]c2c1. The van der Waals surface area contributed by atoms with Crippen LogP contribution in [0.25, 0.3) is 11.0 Å². The van der Waals surface area contributed by atoms with Crippen LogP contribution in [0.3, 0.4) is 0 Å². The second-order valence-electron chi connectivity index (χ2n) is 5.24. The minimum Gasteiger partial charge on any atom is -0.351 e. The molecule has 0 saturated heterocycles. The molecule has 3 rings (SSSR count). The second-order valence-corrected chi connectivity index (χ2v) is 7.45. The van der Waals surface area contributed by atoms with Gasteiger partial charge in [-0.05, 0) is 42.5 Å². The van der Waals surface area contributed by atoms with Crippen LogP contribution in [-0.2, 0) is 10.0 Å². The Morgan fingerprint density at radius 3 is 2.64 bits per heavy atom. The summed E-state index contributed by atoms with van der Waals surface area (Å²) in [6.07, 6.45) is 1.55. The summed E-state index contributed by atoms with van der Waals surface area (Å²) < 4.78 is 26.6. The average molecular weight is 379 g/mol. The van der Waals surface area contributed by atoms with E-state index in [1.807, 2.05) is 0 Å². The molecule has 7 nitrogen and oxygen atoms in total.